The molecule has 1 unspecified atom stereocenters. The van der Waals surface area contributed by atoms with E-state index in [9.17, 15) is 9.59 Å². The van der Waals surface area contributed by atoms with Gasteiger partial charge in [-0.2, -0.15) is 0 Å². The van der Waals surface area contributed by atoms with E-state index < -0.39 is 0 Å². The lowest BCUT2D eigenvalue weighted by atomic mass is 10.1. The molecule has 0 heterocycles. The van der Waals surface area contributed by atoms with Crippen LogP contribution >= 0.6 is 15.9 Å². The molecule has 0 aromatic heterocycles. The number of benzene rings is 1. The highest BCUT2D eigenvalue weighted by atomic mass is 79.9. The predicted octanol–water partition coefficient (Wildman–Crippen LogP) is 1.91. The Kier molecular flexibility index (Phi) is 5.35. The van der Waals surface area contributed by atoms with Crippen molar-refractivity contribution in [2.45, 2.75) is 6.92 Å². The second-order valence-electron chi connectivity index (χ2n) is 4.35. The number of nitrogens with two attached hydrogens (primary N) is 1. The van der Waals surface area contributed by atoms with Crippen LogP contribution in [0.4, 0.5) is 5.69 Å². The van der Waals surface area contributed by atoms with Crippen molar-refractivity contribution in [2.24, 2.45) is 5.92 Å². The third kappa shape index (κ3) is 3.96. The Labute approximate surface area is 120 Å². The van der Waals surface area contributed by atoms with Crippen molar-refractivity contribution in [1.82, 2.24) is 4.90 Å². The molecule has 0 aliphatic carbocycles. The van der Waals surface area contributed by atoms with Gasteiger partial charge in [-0.15, -0.1) is 0 Å². The maximum Gasteiger partial charge on any atom is 0.310 e. The number of amides is 1. The number of methoxy groups -OCH3 is 1. The number of hydrogen-bond acceptors (Lipinski definition) is 4. The van der Waals surface area contributed by atoms with Gasteiger partial charge in [0.05, 0.1) is 13.0 Å². The van der Waals surface area contributed by atoms with Gasteiger partial charge in [-0.1, -0.05) is 6.92 Å². The van der Waals surface area contributed by atoms with Crippen LogP contribution < -0.4 is 5.73 Å². The van der Waals surface area contributed by atoms with Gasteiger partial charge in [0.1, 0.15) is 0 Å². The molecule has 1 aromatic rings. The van der Waals surface area contributed by atoms with Gasteiger partial charge in [-0.3, -0.25) is 9.59 Å². The Bertz CT molecular complexity index is 491. The maximum absolute atomic E-state index is 12.2. The zero-order valence-corrected chi connectivity index (χ0v) is 12.7. The van der Waals surface area contributed by atoms with Gasteiger partial charge in [0.2, 0.25) is 0 Å². The lowest BCUT2D eigenvalue weighted by Crippen LogP contribution is -2.34. The van der Waals surface area contributed by atoms with Crippen LogP contribution in [0.3, 0.4) is 0 Å². The van der Waals surface area contributed by atoms with E-state index in [2.05, 4.69) is 20.7 Å². The minimum atomic E-state index is -0.365. The summed E-state index contributed by atoms with van der Waals surface area (Å²) in [5.41, 5.74) is 6.76. The first-order chi connectivity index (χ1) is 8.86. The summed E-state index contributed by atoms with van der Waals surface area (Å²) in [6.07, 6.45) is 0. The summed E-state index contributed by atoms with van der Waals surface area (Å²) >= 11 is 3.28. The van der Waals surface area contributed by atoms with E-state index in [0.29, 0.717) is 22.3 Å². The Morgan fingerprint density at radius 2 is 2.11 bits per heavy atom. The minimum Gasteiger partial charge on any atom is -0.469 e. The predicted molar refractivity (Wildman–Crippen MR) is 76.7 cm³/mol. The van der Waals surface area contributed by atoms with Gasteiger partial charge in [-0.25, -0.2) is 0 Å². The lowest BCUT2D eigenvalue weighted by Gasteiger charge is -2.20. The van der Waals surface area contributed by atoms with E-state index in [4.69, 9.17) is 5.73 Å². The molecule has 0 fully saturated rings. The molecule has 0 saturated carbocycles. The van der Waals surface area contributed by atoms with Gasteiger partial charge in [-0.05, 0) is 34.1 Å². The van der Waals surface area contributed by atoms with E-state index in [0.717, 1.165) is 0 Å². The highest BCUT2D eigenvalue weighted by molar-refractivity contribution is 9.10. The van der Waals surface area contributed by atoms with Crippen LogP contribution in [0, 0.1) is 5.92 Å². The van der Waals surface area contributed by atoms with Gasteiger partial charge >= 0.3 is 5.97 Å². The first-order valence-corrected chi connectivity index (χ1v) is 6.54. The molecule has 0 bridgehead atoms. The second-order valence-corrected chi connectivity index (χ2v) is 5.20. The maximum atomic E-state index is 12.2. The summed E-state index contributed by atoms with van der Waals surface area (Å²) < 4.78 is 5.31. The van der Waals surface area contributed by atoms with Gasteiger partial charge in [0.15, 0.2) is 0 Å². The van der Waals surface area contributed by atoms with Crippen LogP contribution in [0.15, 0.2) is 22.7 Å². The SMILES string of the molecule is COC(=O)C(C)CN(C)C(=O)c1ccc(N)c(Br)c1. The quantitative estimate of drug-likeness (QED) is 0.677. The highest BCUT2D eigenvalue weighted by Crippen LogP contribution is 2.21. The van der Waals surface area contributed by atoms with E-state index in [1.807, 2.05) is 0 Å². The third-order valence-electron chi connectivity index (χ3n) is 2.75. The number of carbonyl (C=O) groups excluding carboxylic acids is 2. The van der Waals surface area contributed by atoms with Crippen molar-refractivity contribution in [1.29, 1.82) is 0 Å². The normalized spacial score (nSPS) is 11.8. The average Bonchev–Trinajstić information content (AvgIpc) is 2.39. The van der Waals surface area contributed by atoms with Crippen LogP contribution in [0.5, 0.6) is 0 Å². The Hall–Kier alpha value is -1.56. The molecule has 0 aliphatic heterocycles. The summed E-state index contributed by atoms with van der Waals surface area (Å²) in [6.45, 7) is 2.02. The number of ether oxygens (including phenoxy) is 1. The number of halogens is 1. The fourth-order valence-electron chi connectivity index (χ4n) is 1.65. The molecule has 104 valence electrons. The number of carbonyl (C=O) groups is 2. The summed E-state index contributed by atoms with van der Waals surface area (Å²) in [6, 6.07) is 4.98. The molecule has 2 N–H and O–H groups in total. The minimum absolute atomic E-state index is 0.170. The molecule has 0 saturated heterocycles. The molecular weight excluding hydrogens is 312 g/mol. The number of anilines is 1. The van der Waals surface area contributed by atoms with E-state index in [-0.39, 0.29) is 17.8 Å². The number of nitrogens with zero attached hydrogens (tertiary/aromatic N) is 1. The molecule has 0 radical (unpaired) electrons. The van der Waals surface area contributed by atoms with Crippen molar-refractivity contribution in [2.75, 3.05) is 26.4 Å². The van der Waals surface area contributed by atoms with Crippen LogP contribution in [-0.4, -0.2) is 37.5 Å². The Balaban J connectivity index is 2.76. The molecule has 1 amide bonds. The average molecular weight is 329 g/mol. The number of hydrogen-bond donors (Lipinski definition) is 1. The van der Waals surface area contributed by atoms with Crippen LogP contribution in [0.1, 0.15) is 17.3 Å². The van der Waals surface area contributed by atoms with Crippen molar-refractivity contribution in [3.8, 4) is 0 Å². The van der Waals surface area contributed by atoms with Crippen molar-refractivity contribution in [3.05, 3.63) is 28.2 Å². The molecule has 1 rings (SSSR count). The van der Waals surface area contributed by atoms with Crippen LogP contribution in [0.2, 0.25) is 0 Å². The molecule has 19 heavy (non-hydrogen) atoms. The van der Waals surface area contributed by atoms with Gasteiger partial charge < -0.3 is 15.4 Å². The summed E-state index contributed by atoms with van der Waals surface area (Å²) in [7, 11) is 2.98. The summed E-state index contributed by atoms with van der Waals surface area (Å²) in [4.78, 5) is 25.0. The summed E-state index contributed by atoms with van der Waals surface area (Å²) in [5.74, 6) is -0.870. The standard InChI is InChI=1S/C13H17BrN2O3/c1-8(13(18)19-3)7-16(2)12(17)9-4-5-11(15)10(14)6-9/h4-6,8H,7,15H2,1-3H3. The fraction of sp³-hybridized carbons (Fsp3) is 0.385. The van der Waals surface area contributed by atoms with Crippen LogP contribution in [0.25, 0.3) is 0 Å². The largest absolute Gasteiger partial charge is 0.469 e. The first-order valence-electron chi connectivity index (χ1n) is 5.75. The first kappa shape index (κ1) is 15.5. The Morgan fingerprint density at radius 3 is 2.63 bits per heavy atom. The second kappa shape index (κ2) is 6.56. The van der Waals surface area contributed by atoms with Crippen molar-refractivity contribution in [3.63, 3.8) is 0 Å². The van der Waals surface area contributed by atoms with E-state index in [1.165, 1.54) is 12.0 Å². The van der Waals surface area contributed by atoms with Gasteiger partial charge in [0, 0.05) is 29.3 Å². The molecule has 0 aliphatic rings. The summed E-state index contributed by atoms with van der Waals surface area (Å²) in [5, 5.41) is 0. The van der Waals surface area contributed by atoms with Gasteiger partial charge in [0.25, 0.3) is 5.91 Å². The van der Waals surface area contributed by atoms with Crippen LogP contribution in [-0.2, 0) is 9.53 Å². The monoisotopic (exact) mass is 328 g/mol. The number of esters is 1. The molecule has 0 spiro atoms. The molecule has 1 aromatic carbocycles. The fourth-order valence-corrected chi connectivity index (χ4v) is 2.03. The number of rotatable bonds is 4. The zero-order valence-electron chi connectivity index (χ0n) is 11.1. The molecular formula is C13H17BrN2O3. The third-order valence-corrected chi connectivity index (χ3v) is 3.43. The number of nitrogen functional groups attached to an aromatic ring is 1. The lowest BCUT2D eigenvalue weighted by molar-refractivity contribution is -0.145. The molecule has 5 nitrogen and oxygen atoms in total. The molecule has 1 atom stereocenters. The smallest absolute Gasteiger partial charge is 0.310 e. The van der Waals surface area contributed by atoms with Crippen molar-refractivity contribution < 1.29 is 14.3 Å². The zero-order chi connectivity index (χ0) is 14.6. The van der Waals surface area contributed by atoms with E-state index in [1.54, 1.807) is 32.2 Å². The highest BCUT2D eigenvalue weighted by Gasteiger charge is 2.19. The van der Waals surface area contributed by atoms with Crippen molar-refractivity contribution >= 4 is 33.5 Å². The van der Waals surface area contributed by atoms with E-state index >= 15 is 0 Å². The topological polar surface area (TPSA) is 72.6 Å². The Morgan fingerprint density at radius 1 is 1.47 bits per heavy atom. The molecule has 6 heteroatoms.